The monoisotopic (exact) mass is 342 g/mol. The number of hydrogen-bond donors (Lipinski definition) is 3. The summed E-state index contributed by atoms with van der Waals surface area (Å²) >= 11 is 3.20. The first kappa shape index (κ1) is 15.0. The largest absolute Gasteiger partial charge is 0.478 e. The Kier molecular flexibility index (Phi) is 4.12. The third kappa shape index (κ3) is 2.70. The summed E-state index contributed by atoms with van der Waals surface area (Å²) in [5.74, 6) is -1.45. The van der Waals surface area contributed by atoms with Crippen LogP contribution in [0.2, 0.25) is 0 Å². The van der Waals surface area contributed by atoms with Gasteiger partial charge in [-0.3, -0.25) is 4.79 Å². The number of nitrogens with two attached hydrogens (primary N) is 1. The van der Waals surface area contributed by atoms with Crippen LogP contribution in [0.15, 0.2) is 22.7 Å². The number of rotatable bonds is 3. The predicted molar refractivity (Wildman–Crippen MR) is 76.6 cm³/mol. The molecule has 1 aromatic carbocycles. The Balaban J connectivity index is 2.26. The Labute approximate surface area is 124 Å². The van der Waals surface area contributed by atoms with Crippen molar-refractivity contribution in [3.63, 3.8) is 0 Å². The van der Waals surface area contributed by atoms with E-state index in [1.54, 1.807) is 13.0 Å². The predicted octanol–water partition coefficient (Wildman–Crippen LogP) is 1.45. The van der Waals surface area contributed by atoms with Gasteiger partial charge in [0.05, 0.1) is 29.9 Å². The molecule has 0 aromatic heterocycles. The molecule has 1 amide bonds. The fourth-order valence-corrected chi connectivity index (χ4v) is 2.35. The molecule has 108 valence electrons. The van der Waals surface area contributed by atoms with Gasteiger partial charge in [-0.05, 0) is 25.1 Å². The number of hydrogen-bond acceptors (Lipinski definition) is 4. The van der Waals surface area contributed by atoms with Crippen LogP contribution in [0.5, 0.6) is 0 Å². The number of carbonyl (C=O) groups is 2. The number of aromatic carboxylic acids is 1. The van der Waals surface area contributed by atoms with E-state index >= 15 is 0 Å². The van der Waals surface area contributed by atoms with Gasteiger partial charge in [0.1, 0.15) is 0 Å². The Morgan fingerprint density at radius 2 is 2.25 bits per heavy atom. The van der Waals surface area contributed by atoms with Gasteiger partial charge >= 0.3 is 5.97 Å². The molecule has 1 aliphatic rings. The summed E-state index contributed by atoms with van der Waals surface area (Å²) in [6, 6.07) is 4.22. The Morgan fingerprint density at radius 3 is 2.80 bits per heavy atom. The Hall–Kier alpha value is -1.44. The summed E-state index contributed by atoms with van der Waals surface area (Å²) in [4.78, 5) is 23.5. The highest BCUT2D eigenvalue weighted by Gasteiger charge is 2.44. The second-order valence-corrected chi connectivity index (χ2v) is 5.90. The zero-order chi connectivity index (χ0) is 14.9. The minimum absolute atomic E-state index is 0.0174. The summed E-state index contributed by atoms with van der Waals surface area (Å²) in [7, 11) is 0. The molecule has 2 unspecified atom stereocenters. The van der Waals surface area contributed by atoms with Crippen LogP contribution in [0.25, 0.3) is 0 Å². The normalized spacial score (nSPS) is 25.4. The van der Waals surface area contributed by atoms with E-state index in [-0.39, 0.29) is 23.8 Å². The molecular weight excluding hydrogens is 328 g/mol. The molecule has 0 radical (unpaired) electrons. The Bertz CT molecular complexity index is 563. The molecule has 4 N–H and O–H groups in total. The average Bonchev–Trinajstić information content (AvgIpc) is 2.73. The van der Waals surface area contributed by atoms with Crippen molar-refractivity contribution in [2.24, 2.45) is 11.1 Å². The molecule has 0 spiro atoms. The first-order valence-corrected chi connectivity index (χ1v) is 6.81. The van der Waals surface area contributed by atoms with Gasteiger partial charge in [-0.25, -0.2) is 4.79 Å². The first-order valence-electron chi connectivity index (χ1n) is 6.02. The number of nitrogens with one attached hydrogen (secondary N) is 1. The molecule has 0 bridgehead atoms. The number of ether oxygens (including phenoxy) is 1. The van der Waals surface area contributed by atoms with Crippen molar-refractivity contribution in [1.29, 1.82) is 0 Å². The molecule has 2 atom stereocenters. The van der Waals surface area contributed by atoms with Crippen molar-refractivity contribution in [1.82, 2.24) is 0 Å². The number of benzene rings is 1. The topological polar surface area (TPSA) is 102 Å². The molecule has 6 nitrogen and oxygen atoms in total. The van der Waals surface area contributed by atoms with Crippen molar-refractivity contribution in [2.75, 3.05) is 18.5 Å². The zero-order valence-electron chi connectivity index (χ0n) is 10.9. The molecule has 1 fully saturated rings. The van der Waals surface area contributed by atoms with Crippen LogP contribution >= 0.6 is 15.9 Å². The first-order chi connectivity index (χ1) is 9.34. The van der Waals surface area contributed by atoms with Gasteiger partial charge in [-0.15, -0.1) is 0 Å². The molecule has 1 aromatic rings. The molecule has 1 saturated heterocycles. The van der Waals surface area contributed by atoms with Crippen molar-refractivity contribution in [3.05, 3.63) is 28.2 Å². The summed E-state index contributed by atoms with van der Waals surface area (Å²) in [5, 5.41) is 11.8. The van der Waals surface area contributed by atoms with Crippen molar-refractivity contribution in [2.45, 2.75) is 13.0 Å². The van der Waals surface area contributed by atoms with E-state index in [2.05, 4.69) is 21.2 Å². The molecular formula is C13H15BrN2O4. The van der Waals surface area contributed by atoms with Gasteiger partial charge in [0.25, 0.3) is 0 Å². The Morgan fingerprint density at radius 1 is 1.55 bits per heavy atom. The van der Waals surface area contributed by atoms with Crippen molar-refractivity contribution in [3.8, 4) is 0 Å². The smallest absolute Gasteiger partial charge is 0.337 e. The maximum atomic E-state index is 12.3. The fraction of sp³-hybridized carbons (Fsp3) is 0.385. The van der Waals surface area contributed by atoms with Crippen molar-refractivity contribution >= 4 is 33.5 Å². The van der Waals surface area contributed by atoms with Gasteiger partial charge < -0.3 is 20.9 Å². The summed E-state index contributed by atoms with van der Waals surface area (Å²) in [6.07, 6.45) is 0. The van der Waals surface area contributed by atoms with Crippen LogP contribution in [0, 0.1) is 5.41 Å². The number of carbonyl (C=O) groups excluding carboxylic acids is 1. The van der Waals surface area contributed by atoms with E-state index in [9.17, 15) is 9.59 Å². The lowest BCUT2D eigenvalue weighted by Gasteiger charge is -2.25. The lowest BCUT2D eigenvalue weighted by Crippen LogP contribution is -2.47. The van der Waals surface area contributed by atoms with Gasteiger partial charge in [0, 0.05) is 10.5 Å². The van der Waals surface area contributed by atoms with Crippen molar-refractivity contribution < 1.29 is 19.4 Å². The fourth-order valence-electron chi connectivity index (χ4n) is 1.99. The van der Waals surface area contributed by atoms with E-state index in [0.717, 1.165) is 0 Å². The van der Waals surface area contributed by atoms with Crippen LogP contribution in [-0.4, -0.2) is 36.2 Å². The van der Waals surface area contributed by atoms with Crippen LogP contribution < -0.4 is 11.1 Å². The van der Waals surface area contributed by atoms with E-state index < -0.39 is 17.4 Å². The third-order valence-corrected chi connectivity index (χ3v) is 3.99. The summed E-state index contributed by atoms with van der Waals surface area (Å²) in [5.41, 5.74) is 5.28. The third-order valence-electron chi connectivity index (χ3n) is 3.50. The summed E-state index contributed by atoms with van der Waals surface area (Å²) < 4.78 is 5.84. The summed E-state index contributed by atoms with van der Waals surface area (Å²) in [6.45, 7) is 2.24. The molecule has 2 rings (SSSR count). The SMILES string of the molecule is CC1(C(=O)Nc2ccc(Br)cc2C(=O)O)COCC1N. The van der Waals surface area contributed by atoms with E-state index in [0.29, 0.717) is 11.1 Å². The zero-order valence-corrected chi connectivity index (χ0v) is 12.4. The molecule has 1 aliphatic heterocycles. The average molecular weight is 343 g/mol. The minimum Gasteiger partial charge on any atom is -0.478 e. The quantitative estimate of drug-likeness (QED) is 0.771. The van der Waals surface area contributed by atoms with E-state index in [1.165, 1.54) is 12.1 Å². The van der Waals surface area contributed by atoms with Gasteiger partial charge in [-0.1, -0.05) is 15.9 Å². The molecule has 7 heteroatoms. The number of amides is 1. The van der Waals surface area contributed by atoms with Crippen LogP contribution in [0.4, 0.5) is 5.69 Å². The molecule has 20 heavy (non-hydrogen) atoms. The molecule has 0 saturated carbocycles. The number of carboxylic acids is 1. The van der Waals surface area contributed by atoms with Crippen LogP contribution in [0.1, 0.15) is 17.3 Å². The van der Waals surface area contributed by atoms with Crippen LogP contribution in [-0.2, 0) is 9.53 Å². The second-order valence-electron chi connectivity index (χ2n) is 4.99. The second kappa shape index (κ2) is 5.51. The van der Waals surface area contributed by atoms with Gasteiger partial charge in [0.2, 0.25) is 5.91 Å². The lowest BCUT2D eigenvalue weighted by atomic mass is 9.84. The van der Waals surface area contributed by atoms with E-state index in [1.807, 2.05) is 0 Å². The maximum Gasteiger partial charge on any atom is 0.337 e. The highest BCUT2D eigenvalue weighted by atomic mass is 79.9. The standard InChI is InChI=1S/C13H15BrN2O4/c1-13(6-20-5-10(13)15)12(19)16-9-3-2-7(14)4-8(9)11(17)18/h2-4,10H,5-6,15H2,1H3,(H,16,19)(H,17,18). The number of carboxylic acid groups (broad SMARTS) is 1. The van der Waals surface area contributed by atoms with Gasteiger partial charge in [-0.2, -0.15) is 0 Å². The molecule has 0 aliphatic carbocycles. The highest BCUT2D eigenvalue weighted by Crippen LogP contribution is 2.30. The number of halogens is 1. The molecule has 1 heterocycles. The maximum absolute atomic E-state index is 12.3. The minimum atomic E-state index is -1.11. The van der Waals surface area contributed by atoms with E-state index in [4.69, 9.17) is 15.6 Å². The van der Waals surface area contributed by atoms with Gasteiger partial charge in [0.15, 0.2) is 0 Å². The lowest BCUT2D eigenvalue weighted by molar-refractivity contribution is -0.125. The number of anilines is 1. The highest BCUT2D eigenvalue weighted by molar-refractivity contribution is 9.10. The van der Waals surface area contributed by atoms with Crippen LogP contribution in [0.3, 0.4) is 0 Å².